The third kappa shape index (κ3) is 4.79. The Kier molecular flexibility index (Phi) is 6.35. The number of carbonyl (C=O) groups is 1. The number of aromatic nitrogens is 2. The number of amides is 2. The summed E-state index contributed by atoms with van der Waals surface area (Å²) >= 11 is 0. The molecule has 1 aromatic heterocycles. The summed E-state index contributed by atoms with van der Waals surface area (Å²) in [6.45, 7) is 7.29. The smallest absolute Gasteiger partial charge is 0.322 e. The van der Waals surface area contributed by atoms with E-state index >= 15 is 0 Å². The third-order valence-corrected chi connectivity index (χ3v) is 5.26. The van der Waals surface area contributed by atoms with Gasteiger partial charge < -0.3 is 24.4 Å². The maximum absolute atomic E-state index is 12.7. The molecule has 0 aliphatic carbocycles. The predicted molar refractivity (Wildman–Crippen MR) is 120 cm³/mol. The highest BCUT2D eigenvalue weighted by Crippen LogP contribution is 2.25. The Balaban J connectivity index is 1.33. The molecule has 0 bridgehead atoms. The molecule has 2 amide bonds. The molecule has 1 fully saturated rings. The number of ether oxygens (including phenoxy) is 1. The van der Waals surface area contributed by atoms with Crippen molar-refractivity contribution in [1.82, 2.24) is 15.0 Å². The van der Waals surface area contributed by atoms with Crippen LogP contribution >= 0.6 is 0 Å². The summed E-state index contributed by atoms with van der Waals surface area (Å²) in [6.07, 6.45) is 0.722. The molecule has 8 heteroatoms. The molecular formula is C23H27N5O3. The van der Waals surface area contributed by atoms with Gasteiger partial charge in [-0.15, -0.1) is 0 Å². The second-order valence-electron chi connectivity index (χ2n) is 7.25. The van der Waals surface area contributed by atoms with E-state index in [-0.39, 0.29) is 6.03 Å². The van der Waals surface area contributed by atoms with Crippen molar-refractivity contribution < 1.29 is 14.1 Å². The molecular weight excluding hydrogens is 394 g/mol. The molecule has 0 atom stereocenters. The van der Waals surface area contributed by atoms with Gasteiger partial charge in [0.25, 0.3) is 0 Å². The Morgan fingerprint density at radius 1 is 1.06 bits per heavy atom. The Morgan fingerprint density at radius 3 is 2.48 bits per heavy atom. The molecule has 1 saturated heterocycles. The van der Waals surface area contributed by atoms with Crippen molar-refractivity contribution in [2.45, 2.75) is 20.3 Å². The number of rotatable bonds is 6. The van der Waals surface area contributed by atoms with Crippen LogP contribution in [0.2, 0.25) is 0 Å². The molecule has 31 heavy (non-hydrogen) atoms. The van der Waals surface area contributed by atoms with Gasteiger partial charge in [0.2, 0.25) is 11.7 Å². The van der Waals surface area contributed by atoms with E-state index in [4.69, 9.17) is 9.26 Å². The molecule has 2 heterocycles. The fraction of sp³-hybridized carbons (Fsp3) is 0.348. The van der Waals surface area contributed by atoms with Crippen LogP contribution in [0.3, 0.4) is 0 Å². The Labute approximate surface area is 181 Å². The van der Waals surface area contributed by atoms with E-state index in [9.17, 15) is 4.79 Å². The minimum Gasteiger partial charge on any atom is -0.492 e. The van der Waals surface area contributed by atoms with Crippen molar-refractivity contribution >= 4 is 17.4 Å². The second kappa shape index (κ2) is 9.51. The normalized spacial score (nSPS) is 13.9. The molecule has 3 aromatic rings. The van der Waals surface area contributed by atoms with Crippen LogP contribution in [0.4, 0.5) is 16.2 Å². The first-order chi connectivity index (χ1) is 15.2. The number of nitrogens with zero attached hydrogens (tertiary/aromatic N) is 4. The highest BCUT2D eigenvalue weighted by Gasteiger charge is 2.22. The van der Waals surface area contributed by atoms with Crippen LogP contribution in [0.25, 0.3) is 11.4 Å². The summed E-state index contributed by atoms with van der Waals surface area (Å²) in [4.78, 5) is 21.2. The quantitative estimate of drug-likeness (QED) is 0.646. The fourth-order valence-electron chi connectivity index (χ4n) is 3.55. The van der Waals surface area contributed by atoms with Gasteiger partial charge >= 0.3 is 6.03 Å². The Hall–Kier alpha value is -3.55. The molecule has 0 unspecified atom stereocenters. The number of aryl methyl sites for hydroxylation is 1. The van der Waals surface area contributed by atoms with E-state index in [0.29, 0.717) is 42.8 Å². The van der Waals surface area contributed by atoms with Gasteiger partial charge in [-0.05, 0) is 43.3 Å². The van der Waals surface area contributed by atoms with Crippen LogP contribution < -0.4 is 15.0 Å². The lowest BCUT2D eigenvalue weighted by atomic mass is 10.1. The van der Waals surface area contributed by atoms with Gasteiger partial charge in [0.05, 0.1) is 12.3 Å². The average Bonchev–Trinajstić information content (AvgIpc) is 3.30. The summed E-state index contributed by atoms with van der Waals surface area (Å²) in [5, 5.41) is 6.99. The van der Waals surface area contributed by atoms with E-state index in [1.165, 1.54) is 0 Å². The van der Waals surface area contributed by atoms with Crippen molar-refractivity contribution in [3.05, 3.63) is 54.4 Å². The molecule has 1 N–H and O–H groups in total. The predicted octanol–water partition coefficient (Wildman–Crippen LogP) is 4.05. The second-order valence-corrected chi connectivity index (χ2v) is 7.25. The van der Waals surface area contributed by atoms with Gasteiger partial charge in [-0.3, -0.25) is 0 Å². The minimum absolute atomic E-state index is 0.106. The van der Waals surface area contributed by atoms with Gasteiger partial charge in [0.1, 0.15) is 5.75 Å². The van der Waals surface area contributed by atoms with E-state index < -0.39 is 0 Å². The lowest BCUT2D eigenvalue weighted by Gasteiger charge is -2.36. The molecule has 0 radical (unpaired) electrons. The van der Waals surface area contributed by atoms with E-state index in [1.54, 1.807) is 0 Å². The van der Waals surface area contributed by atoms with Crippen molar-refractivity contribution in [1.29, 1.82) is 0 Å². The maximum Gasteiger partial charge on any atom is 0.322 e. The Morgan fingerprint density at radius 2 is 1.81 bits per heavy atom. The number of carbonyl (C=O) groups excluding carboxylic acids is 1. The monoisotopic (exact) mass is 421 g/mol. The number of benzene rings is 2. The third-order valence-electron chi connectivity index (χ3n) is 5.26. The zero-order chi connectivity index (χ0) is 21.6. The standard InChI is InChI=1S/C23H27N5O3/c1-3-21-25-22(26-31-21)17-9-11-18(12-10-17)27-13-15-28(16-14-27)23(29)24-19-7-5-6-8-20(19)30-4-2/h5-12H,3-4,13-16H2,1-2H3,(H,24,29). The fourth-order valence-corrected chi connectivity index (χ4v) is 3.55. The number of piperazine rings is 1. The zero-order valence-corrected chi connectivity index (χ0v) is 17.9. The van der Waals surface area contributed by atoms with Crippen molar-refractivity contribution in [2.75, 3.05) is 43.0 Å². The number of hydrogen-bond donors (Lipinski definition) is 1. The summed E-state index contributed by atoms with van der Waals surface area (Å²) < 4.78 is 10.8. The Bertz CT molecular complexity index is 1010. The molecule has 0 saturated carbocycles. The van der Waals surface area contributed by atoms with Gasteiger partial charge in [0.15, 0.2) is 0 Å². The van der Waals surface area contributed by atoms with Crippen LogP contribution in [-0.2, 0) is 6.42 Å². The number of para-hydroxylation sites is 2. The van der Waals surface area contributed by atoms with Gasteiger partial charge in [-0.1, -0.05) is 24.2 Å². The van der Waals surface area contributed by atoms with Crippen LogP contribution in [0.5, 0.6) is 5.75 Å². The van der Waals surface area contributed by atoms with Crippen molar-refractivity contribution in [3.63, 3.8) is 0 Å². The highest BCUT2D eigenvalue weighted by molar-refractivity contribution is 5.91. The van der Waals surface area contributed by atoms with Crippen LogP contribution in [0.1, 0.15) is 19.7 Å². The maximum atomic E-state index is 12.7. The van der Waals surface area contributed by atoms with E-state index in [2.05, 4.69) is 32.5 Å². The number of anilines is 2. The number of urea groups is 1. The van der Waals surface area contributed by atoms with Gasteiger partial charge in [-0.25, -0.2) is 4.79 Å². The molecule has 8 nitrogen and oxygen atoms in total. The summed E-state index contributed by atoms with van der Waals surface area (Å²) in [5.41, 5.74) is 2.74. The largest absolute Gasteiger partial charge is 0.492 e. The first-order valence-corrected chi connectivity index (χ1v) is 10.6. The zero-order valence-electron chi connectivity index (χ0n) is 17.9. The number of hydrogen-bond acceptors (Lipinski definition) is 6. The van der Waals surface area contributed by atoms with Crippen molar-refractivity contribution in [2.24, 2.45) is 0 Å². The van der Waals surface area contributed by atoms with Gasteiger partial charge in [-0.2, -0.15) is 4.98 Å². The molecule has 1 aliphatic rings. The van der Waals surface area contributed by atoms with Gasteiger partial charge in [0, 0.05) is 43.9 Å². The molecule has 0 spiro atoms. The summed E-state index contributed by atoms with van der Waals surface area (Å²) in [7, 11) is 0. The van der Waals surface area contributed by atoms with Crippen LogP contribution in [0, 0.1) is 0 Å². The first-order valence-electron chi connectivity index (χ1n) is 10.6. The summed E-state index contributed by atoms with van der Waals surface area (Å²) in [6, 6.07) is 15.5. The molecule has 1 aliphatic heterocycles. The minimum atomic E-state index is -0.106. The molecule has 2 aromatic carbocycles. The topological polar surface area (TPSA) is 83.7 Å². The first kappa shape index (κ1) is 20.7. The highest BCUT2D eigenvalue weighted by atomic mass is 16.5. The number of nitrogens with one attached hydrogen (secondary N) is 1. The summed E-state index contributed by atoms with van der Waals surface area (Å²) in [5.74, 6) is 1.93. The van der Waals surface area contributed by atoms with Crippen molar-refractivity contribution in [3.8, 4) is 17.1 Å². The lowest BCUT2D eigenvalue weighted by Crippen LogP contribution is -2.50. The van der Waals surface area contributed by atoms with Crippen LogP contribution in [-0.4, -0.2) is 53.9 Å². The lowest BCUT2D eigenvalue weighted by molar-refractivity contribution is 0.208. The molecule has 162 valence electrons. The van der Waals surface area contributed by atoms with Crippen LogP contribution in [0.15, 0.2) is 53.1 Å². The van der Waals surface area contributed by atoms with E-state index in [0.717, 1.165) is 30.8 Å². The SMILES string of the molecule is CCOc1ccccc1NC(=O)N1CCN(c2ccc(-c3noc(CC)n3)cc2)CC1. The van der Waals surface area contributed by atoms with E-state index in [1.807, 2.05) is 55.1 Å². The average molecular weight is 422 g/mol. The molecule has 4 rings (SSSR count).